The minimum Gasteiger partial charge on any atom is -0.462 e. The van der Waals surface area contributed by atoms with E-state index in [9.17, 15) is 14.4 Å². The lowest BCUT2D eigenvalue weighted by molar-refractivity contribution is -0.113. The van der Waals surface area contributed by atoms with Crippen molar-refractivity contribution in [2.75, 3.05) is 24.3 Å². The van der Waals surface area contributed by atoms with Crippen molar-refractivity contribution < 1.29 is 23.9 Å². The predicted molar refractivity (Wildman–Crippen MR) is 136 cm³/mol. The lowest BCUT2D eigenvalue weighted by atomic mass is 10.1. The number of aromatic nitrogens is 3. The lowest BCUT2D eigenvalue weighted by Crippen LogP contribution is -2.17. The number of hydrogen-bond donors (Lipinski definition) is 1. The second-order valence-corrected chi connectivity index (χ2v) is 9.42. The van der Waals surface area contributed by atoms with Gasteiger partial charge in [-0.2, -0.15) is 0 Å². The van der Waals surface area contributed by atoms with Crippen LogP contribution >= 0.6 is 23.1 Å². The molecule has 1 aromatic carbocycles. The Hall–Kier alpha value is -3.18. The Bertz CT molecular complexity index is 1230. The van der Waals surface area contributed by atoms with E-state index in [0.29, 0.717) is 17.3 Å². The molecule has 9 nitrogen and oxygen atoms in total. The van der Waals surface area contributed by atoms with Gasteiger partial charge in [0.1, 0.15) is 9.88 Å². The van der Waals surface area contributed by atoms with E-state index in [2.05, 4.69) is 15.5 Å². The quantitative estimate of drug-likeness (QED) is 0.304. The van der Waals surface area contributed by atoms with Crippen LogP contribution in [0.3, 0.4) is 0 Å². The Balaban J connectivity index is 1.78. The normalized spacial score (nSPS) is 10.8. The van der Waals surface area contributed by atoms with Crippen molar-refractivity contribution in [3.63, 3.8) is 0 Å². The molecule has 0 unspecified atom stereocenters. The summed E-state index contributed by atoms with van der Waals surface area (Å²) < 4.78 is 12.2. The average molecular weight is 517 g/mol. The first kappa shape index (κ1) is 26.4. The molecule has 0 atom stereocenters. The largest absolute Gasteiger partial charge is 0.462 e. The van der Waals surface area contributed by atoms with E-state index in [1.807, 2.05) is 42.7 Å². The third-order valence-corrected chi connectivity index (χ3v) is 7.14. The Morgan fingerprint density at radius 2 is 1.77 bits per heavy atom. The topological polar surface area (TPSA) is 112 Å². The molecule has 0 aliphatic carbocycles. The summed E-state index contributed by atoms with van der Waals surface area (Å²) in [5.41, 5.74) is 2.66. The van der Waals surface area contributed by atoms with E-state index in [4.69, 9.17) is 9.47 Å². The van der Waals surface area contributed by atoms with Gasteiger partial charge in [0, 0.05) is 12.1 Å². The van der Waals surface area contributed by atoms with Crippen LogP contribution in [0, 0.1) is 13.8 Å². The Morgan fingerprint density at radius 3 is 2.43 bits per heavy atom. The number of esters is 2. The van der Waals surface area contributed by atoms with Gasteiger partial charge in [-0.1, -0.05) is 35.5 Å². The molecule has 2 aromatic heterocycles. The van der Waals surface area contributed by atoms with Gasteiger partial charge in [-0.3, -0.25) is 4.79 Å². The zero-order valence-corrected chi connectivity index (χ0v) is 22.0. The molecule has 1 N–H and O–H groups in total. The van der Waals surface area contributed by atoms with Crippen molar-refractivity contribution >= 4 is 45.9 Å². The standard InChI is InChI=1S/C24H28N4O5S2/c1-6-28-20(16-11-9-10-14(4)12-16)26-27-24(28)34-13-17(29)25-21-18(22(30)32-7-2)15(5)19(35-21)23(31)33-8-3/h9-12H,6-8,13H2,1-5H3,(H,25,29). The minimum absolute atomic E-state index is 0.0416. The predicted octanol–water partition coefficient (Wildman–Crippen LogP) is 4.73. The zero-order chi connectivity index (χ0) is 25.5. The number of nitrogens with zero attached hydrogens (tertiary/aromatic N) is 3. The van der Waals surface area contributed by atoms with Crippen molar-refractivity contribution in [3.8, 4) is 11.4 Å². The summed E-state index contributed by atoms with van der Waals surface area (Å²) in [7, 11) is 0. The molecular weight excluding hydrogens is 488 g/mol. The number of thioether (sulfide) groups is 1. The van der Waals surface area contributed by atoms with Crippen LogP contribution in [0.1, 0.15) is 51.9 Å². The van der Waals surface area contributed by atoms with Crippen LogP contribution in [-0.4, -0.2) is 51.6 Å². The monoisotopic (exact) mass is 516 g/mol. The number of rotatable bonds is 10. The van der Waals surface area contributed by atoms with Crippen molar-refractivity contribution in [2.45, 2.75) is 46.3 Å². The van der Waals surface area contributed by atoms with Crippen LogP contribution in [0.2, 0.25) is 0 Å². The highest BCUT2D eigenvalue weighted by molar-refractivity contribution is 7.99. The fraction of sp³-hybridized carbons (Fsp3) is 0.375. The number of carbonyl (C=O) groups is 3. The molecule has 186 valence electrons. The summed E-state index contributed by atoms with van der Waals surface area (Å²) >= 11 is 2.24. The first-order valence-electron chi connectivity index (χ1n) is 11.2. The van der Waals surface area contributed by atoms with E-state index >= 15 is 0 Å². The van der Waals surface area contributed by atoms with Gasteiger partial charge >= 0.3 is 11.9 Å². The number of hydrogen-bond acceptors (Lipinski definition) is 9. The summed E-state index contributed by atoms with van der Waals surface area (Å²) in [4.78, 5) is 37.9. The molecule has 2 heterocycles. The van der Waals surface area contributed by atoms with Crippen LogP contribution in [0.4, 0.5) is 5.00 Å². The van der Waals surface area contributed by atoms with Gasteiger partial charge in [0.25, 0.3) is 0 Å². The first-order valence-corrected chi connectivity index (χ1v) is 13.0. The molecule has 35 heavy (non-hydrogen) atoms. The summed E-state index contributed by atoms with van der Waals surface area (Å²) in [6.45, 7) is 10.0. The van der Waals surface area contributed by atoms with Gasteiger partial charge < -0.3 is 19.4 Å². The summed E-state index contributed by atoms with van der Waals surface area (Å²) in [6, 6.07) is 7.99. The Kier molecular flexibility index (Phi) is 9.05. The van der Waals surface area contributed by atoms with Gasteiger partial charge in [0.2, 0.25) is 5.91 Å². The Labute approximate surface area is 212 Å². The molecule has 0 saturated heterocycles. The fourth-order valence-corrected chi connectivity index (χ4v) is 5.32. The summed E-state index contributed by atoms with van der Waals surface area (Å²) in [5.74, 6) is -0.722. The maximum absolute atomic E-state index is 12.8. The van der Waals surface area contributed by atoms with E-state index in [1.165, 1.54) is 11.8 Å². The van der Waals surface area contributed by atoms with Crippen LogP contribution < -0.4 is 5.32 Å². The highest BCUT2D eigenvalue weighted by atomic mass is 32.2. The molecule has 3 aromatic rings. The molecule has 0 radical (unpaired) electrons. The lowest BCUT2D eigenvalue weighted by Gasteiger charge is -2.09. The van der Waals surface area contributed by atoms with Crippen molar-refractivity contribution in [1.29, 1.82) is 0 Å². The number of thiophene rings is 1. The maximum Gasteiger partial charge on any atom is 0.348 e. The van der Waals surface area contributed by atoms with Gasteiger partial charge in [-0.05, 0) is 46.2 Å². The van der Waals surface area contributed by atoms with Crippen LogP contribution in [0.5, 0.6) is 0 Å². The second-order valence-electron chi connectivity index (χ2n) is 7.46. The molecular formula is C24H28N4O5S2. The van der Waals surface area contributed by atoms with Crippen LogP contribution in [-0.2, 0) is 20.8 Å². The first-order chi connectivity index (χ1) is 16.8. The zero-order valence-electron chi connectivity index (χ0n) is 20.3. The van der Waals surface area contributed by atoms with E-state index < -0.39 is 11.9 Å². The van der Waals surface area contributed by atoms with Crippen LogP contribution in [0.25, 0.3) is 11.4 Å². The van der Waals surface area contributed by atoms with E-state index in [-0.39, 0.29) is 40.3 Å². The van der Waals surface area contributed by atoms with Gasteiger partial charge in [-0.15, -0.1) is 21.5 Å². The van der Waals surface area contributed by atoms with Gasteiger partial charge in [0.15, 0.2) is 11.0 Å². The third-order valence-electron chi connectivity index (χ3n) is 4.98. The van der Waals surface area contributed by atoms with Crippen molar-refractivity contribution in [3.05, 3.63) is 45.8 Å². The number of benzene rings is 1. The number of anilines is 1. The SMILES string of the molecule is CCOC(=O)c1sc(NC(=O)CSc2nnc(-c3cccc(C)c3)n2CC)c(C(=O)OCC)c1C. The molecule has 0 fully saturated rings. The van der Waals surface area contributed by atoms with Crippen molar-refractivity contribution in [1.82, 2.24) is 14.8 Å². The smallest absolute Gasteiger partial charge is 0.348 e. The maximum atomic E-state index is 12.8. The number of ether oxygens (including phenoxy) is 2. The second kappa shape index (κ2) is 12.0. The number of amides is 1. The molecule has 0 aliphatic rings. The van der Waals surface area contributed by atoms with Gasteiger partial charge in [-0.25, -0.2) is 9.59 Å². The Morgan fingerprint density at radius 1 is 1.06 bits per heavy atom. The average Bonchev–Trinajstić information content (AvgIpc) is 3.38. The van der Waals surface area contributed by atoms with Crippen molar-refractivity contribution in [2.24, 2.45) is 0 Å². The minimum atomic E-state index is -0.603. The summed E-state index contributed by atoms with van der Waals surface area (Å²) in [5, 5.41) is 12.2. The fourth-order valence-electron chi connectivity index (χ4n) is 3.41. The molecule has 11 heteroatoms. The van der Waals surface area contributed by atoms with E-state index in [1.54, 1.807) is 20.8 Å². The number of carbonyl (C=O) groups excluding carboxylic acids is 3. The highest BCUT2D eigenvalue weighted by Gasteiger charge is 2.27. The molecule has 3 rings (SSSR count). The molecule has 0 aliphatic heterocycles. The third kappa shape index (κ3) is 6.09. The molecule has 1 amide bonds. The molecule has 0 saturated carbocycles. The number of nitrogens with one attached hydrogen (secondary N) is 1. The molecule has 0 spiro atoms. The number of aryl methyl sites for hydroxylation is 1. The summed E-state index contributed by atoms with van der Waals surface area (Å²) in [6.07, 6.45) is 0. The molecule has 0 bridgehead atoms. The highest BCUT2D eigenvalue weighted by Crippen LogP contribution is 2.34. The van der Waals surface area contributed by atoms with Crippen LogP contribution in [0.15, 0.2) is 29.4 Å². The van der Waals surface area contributed by atoms with E-state index in [0.717, 1.165) is 28.3 Å². The van der Waals surface area contributed by atoms with Gasteiger partial charge in [0.05, 0.1) is 24.5 Å².